The van der Waals surface area contributed by atoms with Gasteiger partial charge >= 0.3 is 0 Å². The molecule has 1 saturated carbocycles. The lowest BCUT2D eigenvalue weighted by atomic mass is 9.99. The number of nitrogens with zero attached hydrogens (tertiary/aromatic N) is 1. The van der Waals surface area contributed by atoms with Gasteiger partial charge in [-0.3, -0.25) is 0 Å². The molecule has 3 atom stereocenters. The first kappa shape index (κ1) is 8.43. The van der Waals surface area contributed by atoms with Crippen molar-refractivity contribution in [2.75, 3.05) is 13.2 Å². The van der Waals surface area contributed by atoms with Crippen molar-refractivity contribution >= 4 is 0 Å². The molecule has 0 radical (unpaired) electrons. The molecule has 78 valence electrons. The molecule has 0 aromatic carbocycles. The third kappa shape index (κ3) is 1.04. The van der Waals surface area contributed by atoms with Gasteiger partial charge in [-0.05, 0) is 12.8 Å². The normalized spacial score (nSPS) is 42.4. The summed E-state index contributed by atoms with van der Waals surface area (Å²) in [6.07, 6.45) is 1.48. The molecule has 0 N–H and O–H groups in total. The number of fused-ring (bicyclic) bond motifs is 2. The van der Waals surface area contributed by atoms with Crippen LogP contribution in [-0.4, -0.2) is 36.6 Å². The molecule has 6 heteroatoms. The van der Waals surface area contributed by atoms with Gasteiger partial charge in [0, 0.05) is 5.41 Å². The van der Waals surface area contributed by atoms with Crippen LogP contribution >= 0.6 is 0 Å². The lowest BCUT2D eigenvalue weighted by Gasteiger charge is -2.14. The molecule has 2 saturated heterocycles. The van der Waals surface area contributed by atoms with Crippen molar-refractivity contribution in [2.45, 2.75) is 31.2 Å². The SMILES string of the molecule is O=[N+]([O-])O[C@H]1CO[C@H]2[C@@H]1OCC21CC1. The molecule has 14 heavy (non-hydrogen) atoms. The highest BCUT2D eigenvalue weighted by Gasteiger charge is 2.63. The zero-order chi connectivity index (χ0) is 9.76. The van der Waals surface area contributed by atoms with E-state index in [1.54, 1.807) is 0 Å². The van der Waals surface area contributed by atoms with Crippen molar-refractivity contribution in [1.82, 2.24) is 0 Å². The fourth-order valence-corrected chi connectivity index (χ4v) is 2.44. The van der Waals surface area contributed by atoms with E-state index in [-0.39, 0.29) is 24.2 Å². The van der Waals surface area contributed by atoms with Crippen LogP contribution in [0.25, 0.3) is 0 Å². The van der Waals surface area contributed by atoms with Gasteiger partial charge in [-0.15, -0.1) is 10.1 Å². The Morgan fingerprint density at radius 2 is 2.21 bits per heavy atom. The van der Waals surface area contributed by atoms with Gasteiger partial charge in [0.2, 0.25) is 0 Å². The van der Waals surface area contributed by atoms with Gasteiger partial charge in [0.05, 0.1) is 19.3 Å². The Morgan fingerprint density at radius 1 is 1.43 bits per heavy atom. The molecule has 2 aliphatic heterocycles. The third-order valence-electron chi connectivity index (χ3n) is 3.39. The van der Waals surface area contributed by atoms with Crippen LogP contribution in [0.5, 0.6) is 0 Å². The predicted molar refractivity (Wildman–Crippen MR) is 43.0 cm³/mol. The Labute approximate surface area is 80.2 Å². The molecule has 0 amide bonds. The molecule has 3 fully saturated rings. The maximum Gasteiger partial charge on any atom is 0.294 e. The van der Waals surface area contributed by atoms with E-state index < -0.39 is 11.2 Å². The Hall–Kier alpha value is -0.880. The molecule has 0 aromatic rings. The smallest absolute Gasteiger partial charge is 0.294 e. The lowest BCUT2D eigenvalue weighted by molar-refractivity contribution is -0.769. The largest absolute Gasteiger partial charge is 0.372 e. The summed E-state index contributed by atoms with van der Waals surface area (Å²) in [6, 6.07) is 0. The maximum atomic E-state index is 10.2. The molecule has 6 nitrogen and oxygen atoms in total. The van der Waals surface area contributed by atoms with Gasteiger partial charge in [0.1, 0.15) is 6.10 Å². The van der Waals surface area contributed by atoms with E-state index in [1.807, 2.05) is 0 Å². The Morgan fingerprint density at radius 3 is 2.86 bits per heavy atom. The lowest BCUT2D eigenvalue weighted by Crippen LogP contribution is -2.33. The van der Waals surface area contributed by atoms with E-state index >= 15 is 0 Å². The second-order valence-electron chi connectivity index (χ2n) is 4.26. The molecule has 2 heterocycles. The van der Waals surface area contributed by atoms with Crippen molar-refractivity contribution < 1.29 is 19.4 Å². The van der Waals surface area contributed by atoms with E-state index in [0.29, 0.717) is 6.61 Å². The zero-order valence-corrected chi connectivity index (χ0v) is 7.55. The highest BCUT2D eigenvalue weighted by Crippen LogP contribution is 2.57. The van der Waals surface area contributed by atoms with Crippen LogP contribution in [0, 0.1) is 15.5 Å². The molecular formula is C8H11NO5. The topological polar surface area (TPSA) is 70.8 Å². The van der Waals surface area contributed by atoms with Crippen LogP contribution in [0.2, 0.25) is 0 Å². The molecule has 0 unspecified atom stereocenters. The van der Waals surface area contributed by atoms with E-state index in [2.05, 4.69) is 4.84 Å². The van der Waals surface area contributed by atoms with Crippen LogP contribution in [0.3, 0.4) is 0 Å². The van der Waals surface area contributed by atoms with E-state index in [0.717, 1.165) is 12.8 Å². The van der Waals surface area contributed by atoms with Crippen LogP contribution in [0.4, 0.5) is 0 Å². The molecule has 1 spiro atoms. The average molecular weight is 201 g/mol. The summed E-state index contributed by atoms with van der Waals surface area (Å²) >= 11 is 0. The fourth-order valence-electron chi connectivity index (χ4n) is 2.44. The highest BCUT2D eigenvalue weighted by atomic mass is 17.0. The second kappa shape index (κ2) is 2.58. The summed E-state index contributed by atoms with van der Waals surface area (Å²) in [5.74, 6) is 0. The molecule has 0 aromatic heterocycles. The average Bonchev–Trinajstić information content (AvgIpc) is 2.65. The summed E-state index contributed by atoms with van der Waals surface area (Å²) in [6.45, 7) is 0.942. The van der Waals surface area contributed by atoms with Gasteiger partial charge < -0.3 is 14.3 Å². The van der Waals surface area contributed by atoms with Crippen molar-refractivity contribution in [3.05, 3.63) is 10.1 Å². The van der Waals surface area contributed by atoms with Crippen molar-refractivity contribution in [1.29, 1.82) is 0 Å². The molecule has 3 rings (SSSR count). The van der Waals surface area contributed by atoms with Gasteiger partial charge in [-0.2, -0.15) is 0 Å². The molecule has 1 aliphatic carbocycles. The van der Waals surface area contributed by atoms with Gasteiger partial charge in [0.15, 0.2) is 6.10 Å². The summed E-state index contributed by atoms with van der Waals surface area (Å²) in [4.78, 5) is 14.7. The van der Waals surface area contributed by atoms with Crippen LogP contribution in [0.15, 0.2) is 0 Å². The minimum atomic E-state index is -0.766. The molecule has 3 aliphatic rings. The van der Waals surface area contributed by atoms with Crippen LogP contribution in [-0.2, 0) is 14.3 Å². The molecule has 0 bridgehead atoms. The number of hydrogen-bond donors (Lipinski definition) is 0. The maximum absolute atomic E-state index is 10.2. The fraction of sp³-hybridized carbons (Fsp3) is 1.00. The summed E-state index contributed by atoms with van der Waals surface area (Å²) in [5, 5.41) is 9.43. The number of hydrogen-bond acceptors (Lipinski definition) is 5. The zero-order valence-electron chi connectivity index (χ0n) is 7.55. The van der Waals surface area contributed by atoms with E-state index in [1.165, 1.54) is 0 Å². The predicted octanol–water partition coefficient (Wildman–Crippen LogP) is 0.141. The Kier molecular flexibility index (Phi) is 1.55. The Bertz CT molecular complexity index is 277. The highest BCUT2D eigenvalue weighted by molar-refractivity contribution is 5.10. The summed E-state index contributed by atoms with van der Waals surface area (Å²) in [5.41, 5.74) is 0.166. The molecular weight excluding hydrogens is 190 g/mol. The van der Waals surface area contributed by atoms with Gasteiger partial charge in [0.25, 0.3) is 5.09 Å². The third-order valence-corrected chi connectivity index (χ3v) is 3.39. The number of ether oxygens (including phenoxy) is 2. The summed E-state index contributed by atoms with van der Waals surface area (Å²) < 4.78 is 11.0. The van der Waals surface area contributed by atoms with Crippen molar-refractivity contribution in [2.24, 2.45) is 5.41 Å². The first-order valence-corrected chi connectivity index (χ1v) is 4.76. The Balaban J connectivity index is 1.72. The van der Waals surface area contributed by atoms with Crippen molar-refractivity contribution in [3.8, 4) is 0 Å². The van der Waals surface area contributed by atoms with Gasteiger partial charge in [-0.25, -0.2) is 0 Å². The number of rotatable bonds is 2. The summed E-state index contributed by atoms with van der Waals surface area (Å²) in [7, 11) is 0. The minimum absolute atomic E-state index is 0.0208. The minimum Gasteiger partial charge on any atom is -0.372 e. The van der Waals surface area contributed by atoms with E-state index in [9.17, 15) is 10.1 Å². The van der Waals surface area contributed by atoms with E-state index in [4.69, 9.17) is 9.47 Å². The monoisotopic (exact) mass is 201 g/mol. The van der Waals surface area contributed by atoms with Crippen molar-refractivity contribution in [3.63, 3.8) is 0 Å². The first-order chi connectivity index (χ1) is 6.71. The first-order valence-electron chi connectivity index (χ1n) is 4.76. The standard InChI is InChI=1S/C8H11NO5/c10-9(11)14-5-3-12-7-6(5)13-4-8(7)1-2-8/h5-7H,1-4H2/t5-,6+,7-/m0/s1. The second-order valence-corrected chi connectivity index (χ2v) is 4.26. The van der Waals surface area contributed by atoms with Crippen LogP contribution < -0.4 is 0 Å². The quantitative estimate of drug-likeness (QED) is 0.469. The van der Waals surface area contributed by atoms with Gasteiger partial charge in [-0.1, -0.05) is 0 Å². The van der Waals surface area contributed by atoms with Crippen LogP contribution in [0.1, 0.15) is 12.8 Å².